The van der Waals surface area contributed by atoms with Gasteiger partial charge in [-0.3, -0.25) is 4.79 Å². The SMILES string of the molecule is Cc1cc2c(c(-c3cc(F)c4c(c3C)CCCO4)c1[C@H](OC(C)(C)C)C(=O)O)CCN2C(=O)c1cccc(Cl)c1. The van der Waals surface area contributed by atoms with Crippen molar-refractivity contribution in [3.8, 4) is 16.9 Å². The maximum absolute atomic E-state index is 15.5. The highest BCUT2D eigenvalue weighted by Gasteiger charge is 2.37. The fraction of sp³-hybridized carbons (Fsp3) is 0.375. The summed E-state index contributed by atoms with van der Waals surface area (Å²) in [6.45, 7) is 9.99. The molecule has 40 heavy (non-hydrogen) atoms. The first-order valence-corrected chi connectivity index (χ1v) is 13.8. The molecule has 1 atom stereocenters. The third-order valence-electron chi connectivity index (χ3n) is 7.51. The van der Waals surface area contributed by atoms with Gasteiger partial charge in [-0.1, -0.05) is 17.7 Å². The molecule has 0 spiro atoms. The molecule has 2 aliphatic rings. The largest absolute Gasteiger partial charge is 0.490 e. The van der Waals surface area contributed by atoms with E-state index >= 15 is 4.39 Å². The molecule has 0 aliphatic carbocycles. The first kappa shape index (κ1) is 28.1. The Kier molecular flexibility index (Phi) is 7.40. The highest BCUT2D eigenvalue weighted by atomic mass is 35.5. The van der Waals surface area contributed by atoms with Gasteiger partial charge in [0.15, 0.2) is 17.7 Å². The Morgan fingerprint density at radius 1 is 1.12 bits per heavy atom. The third kappa shape index (κ3) is 5.08. The van der Waals surface area contributed by atoms with E-state index in [1.165, 1.54) is 6.07 Å². The second-order valence-corrected chi connectivity index (χ2v) is 11.9. The predicted molar refractivity (Wildman–Crippen MR) is 153 cm³/mol. The van der Waals surface area contributed by atoms with E-state index < -0.39 is 23.5 Å². The van der Waals surface area contributed by atoms with Gasteiger partial charge in [0.1, 0.15) is 0 Å². The molecule has 0 saturated carbocycles. The first-order chi connectivity index (χ1) is 18.9. The van der Waals surface area contributed by atoms with Crippen LogP contribution in [-0.2, 0) is 22.4 Å². The number of anilines is 1. The molecule has 8 heteroatoms. The van der Waals surface area contributed by atoms with E-state index in [1.54, 1.807) is 49.9 Å². The Bertz CT molecular complexity index is 1530. The van der Waals surface area contributed by atoms with Gasteiger partial charge in [0, 0.05) is 33.9 Å². The van der Waals surface area contributed by atoms with Gasteiger partial charge in [-0.25, -0.2) is 9.18 Å². The predicted octanol–water partition coefficient (Wildman–Crippen LogP) is 7.23. The molecule has 2 aliphatic heterocycles. The summed E-state index contributed by atoms with van der Waals surface area (Å²) < 4.78 is 27.3. The molecule has 3 aromatic rings. The van der Waals surface area contributed by atoms with Crippen LogP contribution in [0.25, 0.3) is 11.1 Å². The second-order valence-electron chi connectivity index (χ2n) is 11.4. The third-order valence-corrected chi connectivity index (χ3v) is 7.75. The molecule has 1 N–H and O–H groups in total. The summed E-state index contributed by atoms with van der Waals surface area (Å²) in [4.78, 5) is 28.0. The van der Waals surface area contributed by atoms with Gasteiger partial charge in [0.05, 0.1) is 12.2 Å². The van der Waals surface area contributed by atoms with Crippen molar-refractivity contribution in [2.24, 2.45) is 0 Å². The van der Waals surface area contributed by atoms with Crippen molar-refractivity contribution in [2.45, 2.75) is 65.6 Å². The Hall–Kier alpha value is -3.42. The minimum absolute atomic E-state index is 0.207. The molecule has 5 rings (SSSR count). The molecular formula is C32H33ClFNO5. The van der Waals surface area contributed by atoms with Crippen LogP contribution in [0.3, 0.4) is 0 Å². The van der Waals surface area contributed by atoms with Crippen LogP contribution in [-0.4, -0.2) is 35.7 Å². The number of carboxylic acids is 1. The summed E-state index contributed by atoms with van der Waals surface area (Å²) >= 11 is 6.17. The molecule has 0 bridgehead atoms. The number of carboxylic acid groups (broad SMARTS) is 1. The van der Waals surface area contributed by atoms with Gasteiger partial charge in [0.25, 0.3) is 5.91 Å². The molecule has 0 fully saturated rings. The molecule has 3 aromatic carbocycles. The van der Waals surface area contributed by atoms with Gasteiger partial charge in [-0.2, -0.15) is 0 Å². The van der Waals surface area contributed by atoms with E-state index in [-0.39, 0.29) is 11.7 Å². The lowest BCUT2D eigenvalue weighted by Gasteiger charge is -2.30. The number of amides is 1. The van der Waals surface area contributed by atoms with Crippen molar-refractivity contribution in [1.29, 1.82) is 0 Å². The van der Waals surface area contributed by atoms with Crippen molar-refractivity contribution in [3.05, 3.63) is 80.6 Å². The van der Waals surface area contributed by atoms with Crippen LogP contribution in [0.4, 0.5) is 10.1 Å². The van der Waals surface area contributed by atoms with E-state index in [4.69, 9.17) is 21.1 Å². The fourth-order valence-electron chi connectivity index (χ4n) is 5.83. The average Bonchev–Trinajstić information content (AvgIpc) is 3.31. The van der Waals surface area contributed by atoms with Crippen molar-refractivity contribution in [3.63, 3.8) is 0 Å². The standard InChI is InChI=1S/C32H33ClFNO5/c1-17-14-25-22(11-12-35(25)30(36)19-8-6-9-20(33)15-19)27(26(17)29(31(37)38)40-32(3,4)5)23-16-24(34)28-21(18(23)2)10-7-13-39-28/h6,8-9,14-16,29H,7,10-13H2,1-5H3,(H,37,38)/t29-/m0/s1. The Balaban J connectivity index is 1.78. The lowest BCUT2D eigenvalue weighted by atomic mass is 9.83. The number of fused-ring (bicyclic) bond motifs is 2. The minimum atomic E-state index is -1.30. The molecular weight excluding hydrogens is 533 g/mol. The van der Waals surface area contributed by atoms with Gasteiger partial charge < -0.3 is 19.5 Å². The van der Waals surface area contributed by atoms with Gasteiger partial charge in [0.2, 0.25) is 0 Å². The van der Waals surface area contributed by atoms with E-state index in [1.807, 2.05) is 19.9 Å². The summed E-state index contributed by atoms with van der Waals surface area (Å²) in [6, 6.07) is 10.1. The van der Waals surface area contributed by atoms with Crippen LogP contribution in [0.1, 0.15) is 71.5 Å². The number of hydrogen-bond acceptors (Lipinski definition) is 4. The quantitative estimate of drug-likeness (QED) is 0.353. The number of aliphatic carboxylic acids is 1. The van der Waals surface area contributed by atoms with Crippen LogP contribution in [0, 0.1) is 19.7 Å². The lowest BCUT2D eigenvalue weighted by Crippen LogP contribution is -2.29. The summed E-state index contributed by atoms with van der Waals surface area (Å²) in [5.41, 5.74) is 5.10. The number of carbonyl (C=O) groups excluding carboxylic acids is 1. The number of rotatable bonds is 5. The fourth-order valence-corrected chi connectivity index (χ4v) is 6.02. The molecule has 6 nitrogen and oxygen atoms in total. The summed E-state index contributed by atoms with van der Waals surface area (Å²) in [5.74, 6) is -1.56. The Morgan fingerprint density at radius 2 is 1.88 bits per heavy atom. The maximum atomic E-state index is 15.5. The second kappa shape index (κ2) is 10.5. The van der Waals surface area contributed by atoms with E-state index in [0.717, 1.165) is 23.1 Å². The molecule has 210 valence electrons. The van der Waals surface area contributed by atoms with E-state index in [2.05, 4.69) is 0 Å². The van der Waals surface area contributed by atoms with Gasteiger partial charge in [-0.15, -0.1) is 0 Å². The number of benzene rings is 3. The van der Waals surface area contributed by atoms with Gasteiger partial charge >= 0.3 is 5.97 Å². The number of halogens is 2. The zero-order chi connectivity index (χ0) is 28.9. The smallest absolute Gasteiger partial charge is 0.337 e. The molecule has 0 unspecified atom stereocenters. The number of hydrogen-bond donors (Lipinski definition) is 1. The van der Waals surface area contributed by atoms with Crippen LogP contribution in [0.15, 0.2) is 36.4 Å². The van der Waals surface area contributed by atoms with Gasteiger partial charge in [-0.05, 0) is 112 Å². The summed E-state index contributed by atoms with van der Waals surface area (Å²) in [7, 11) is 0. The van der Waals surface area contributed by atoms with Crippen molar-refractivity contribution < 1.29 is 28.6 Å². The van der Waals surface area contributed by atoms with Crippen LogP contribution in [0.5, 0.6) is 5.75 Å². The summed E-state index contributed by atoms with van der Waals surface area (Å²) in [6.07, 6.45) is 0.603. The first-order valence-electron chi connectivity index (χ1n) is 13.5. The average molecular weight is 566 g/mol. The van der Waals surface area contributed by atoms with Crippen LogP contribution in [0.2, 0.25) is 5.02 Å². The number of ether oxygens (including phenoxy) is 2. The van der Waals surface area contributed by atoms with Crippen molar-refractivity contribution in [2.75, 3.05) is 18.1 Å². The van der Waals surface area contributed by atoms with E-state index in [9.17, 15) is 14.7 Å². The van der Waals surface area contributed by atoms with E-state index in [0.29, 0.717) is 64.5 Å². The normalized spacial score (nSPS) is 15.3. The highest BCUT2D eigenvalue weighted by Crippen LogP contribution is 2.47. The molecule has 0 saturated heterocycles. The van der Waals surface area contributed by atoms with Crippen LogP contribution >= 0.6 is 11.6 Å². The molecule has 2 heterocycles. The number of nitrogens with zero attached hydrogens (tertiary/aromatic N) is 1. The molecule has 0 aromatic heterocycles. The number of carbonyl (C=O) groups is 2. The topological polar surface area (TPSA) is 76.1 Å². The summed E-state index contributed by atoms with van der Waals surface area (Å²) in [5, 5.41) is 10.8. The highest BCUT2D eigenvalue weighted by molar-refractivity contribution is 6.31. The monoisotopic (exact) mass is 565 g/mol. The van der Waals surface area contributed by atoms with Crippen molar-refractivity contribution >= 4 is 29.2 Å². The van der Waals surface area contributed by atoms with Crippen LogP contribution < -0.4 is 9.64 Å². The Morgan fingerprint density at radius 3 is 2.55 bits per heavy atom. The zero-order valence-electron chi connectivity index (χ0n) is 23.4. The zero-order valence-corrected chi connectivity index (χ0v) is 24.1. The van der Waals surface area contributed by atoms with Crippen molar-refractivity contribution in [1.82, 2.24) is 0 Å². The lowest BCUT2D eigenvalue weighted by molar-refractivity contribution is -0.160. The minimum Gasteiger partial charge on any atom is -0.490 e. The molecule has 0 radical (unpaired) electrons. The Labute approximate surface area is 238 Å². The number of aryl methyl sites for hydroxylation is 1. The molecule has 1 amide bonds. The maximum Gasteiger partial charge on any atom is 0.337 e.